The number of nitrogens with zero attached hydrogens (tertiary/aromatic N) is 3. The normalized spacial score (nSPS) is 15.2. The van der Waals surface area contributed by atoms with E-state index in [2.05, 4.69) is 15.0 Å². The van der Waals surface area contributed by atoms with Gasteiger partial charge in [0.15, 0.2) is 17.1 Å². The molecule has 1 aliphatic rings. The van der Waals surface area contributed by atoms with Crippen LogP contribution in [-0.2, 0) is 6.54 Å². The fourth-order valence-corrected chi connectivity index (χ4v) is 2.19. The maximum Gasteiger partial charge on any atom is 0.328 e. The third kappa shape index (κ3) is 1.76. The van der Waals surface area contributed by atoms with Crippen molar-refractivity contribution >= 4 is 11.3 Å². The van der Waals surface area contributed by atoms with Gasteiger partial charge in [-0.15, -0.1) is 0 Å². The highest BCUT2D eigenvalue weighted by molar-refractivity contribution is 5.69. The van der Waals surface area contributed by atoms with Crippen molar-refractivity contribution in [2.24, 2.45) is 5.92 Å². The van der Waals surface area contributed by atoms with Crippen LogP contribution in [0.1, 0.15) is 12.8 Å². The van der Waals surface area contributed by atoms with E-state index in [0.717, 1.165) is 6.54 Å². The first-order valence-electron chi connectivity index (χ1n) is 6.31. The summed E-state index contributed by atoms with van der Waals surface area (Å²) in [6.07, 6.45) is 5.57. The van der Waals surface area contributed by atoms with Crippen molar-refractivity contribution in [3.05, 3.63) is 35.1 Å². The maximum atomic E-state index is 11.9. The molecule has 3 aromatic heterocycles. The van der Waals surface area contributed by atoms with E-state index in [1.807, 2.05) is 6.07 Å². The third-order valence-corrected chi connectivity index (χ3v) is 3.39. The summed E-state index contributed by atoms with van der Waals surface area (Å²) in [4.78, 5) is 23.4. The number of aromatic amines is 1. The zero-order chi connectivity index (χ0) is 12.8. The predicted molar refractivity (Wildman–Crippen MR) is 68.6 cm³/mol. The number of aromatic nitrogens is 4. The molecule has 6 nitrogen and oxygen atoms in total. The molecular weight excluding hydrogens is 244 g/mol. The van der Waals surface area contributed by atoms with Crippen LogP contribution in [0.5, 0.6) is 0 Å². The summed E-state index contributed by atoms with van der Waals surface area (Å²) in [7, 11) is 0. The minimum absolute atomic E-state index is 0.140. The Kier molecular flexibility index (Phi) is 2.11. The number of fused-ring (bicyclic) bond motifs is 1. The number of furan rings is 1. The van der Waals surface area contributed by atoms with E-state index in [-0.39, 0.29) is 5.69 Å². The van der Waals surface area contributed by atoms with E-state index in [9.17, 15) is 4.79 Å². The number of rotatable bonds is 3. The second kappa shape index (κ2) is 3.81. The lowest BCUT2D eigenvalue weighted by Crippen LogP contribution is -2.18. The molecule has 3 aromatic rings. The molecule has 96 valence electrons. The number of hydrogen-bond donors (Lipinski definition) is 1. The first kappa shape index (κ1) is 10.5. The van der Waals surface area contributed by atoms with Crippen LogP contribution in [-0.4, -0.2) is 19.5 Å². The summed E-state index contributed by atoms with van der Waals surface area (Å²) in [6.45, 7) is 0.717. The summed E-state index contributed by atoms with van der Waals surface area (Å²) >= 11 is 0. The van der Waals surface area contributed by atoms with Crippen molar-refractivity contribution < 1.29 is 4.42 Å². The van der Waals surface area contributed by atoms with Crippen LogP contribution < -0.4 is 5.69 Å². The average molecular weight is 256 g/mol. The summed E-state index contributed by atoms with van der Waals surface area (Å²) in [5.74, 6) is 1.26. The van der Waals surface area contributed by atoms with Gasteiger partial charge in [0.2, 0.25) is 0 Å². The van der Waals surface area contributed by atoms with E-state index < -0.39 is 0 Å². The van der Waals surface area contributed by atoms with Crippen molar-refractivity contribution in [3.8, 4) is 11.5 Å². The highest BCUT2D eigenvalue weighted by Crippen LogP contribution is 2.30. The Labute approximate surface area is 108 Å². The summed E-state index contributed by atoms with van der Waals surface area (Å²) in [6, 6.07) is 3.63. The highest BCUT2D eigenvalue weighted by atomic mass is 16.3. The third-order valence-electron chi connectivity index (χ3n) is 3.39. The lowest BCUT2D eigenvalue weighted by molar-refractivity contribution is 0.579. The molecule has 0 bridgehead atoms. The van der Waals surface area contributed by atoms with Gasteiger partial charge in [-0.1, -0.05) is 0 Å². The number of nitrogens with one attached hydrogen (secondary N) is 1. The molecule has 3 heterocycles. The van der Waals surface area contributed by atoms with Crippen molar-refractivity contribution in [3.63, 3.8) is 0 Å². The zero-order valence-corrected chi connectivity index (χ0v) is 10.2. The molecule has 0 spiro atoms. The van der Waals surface area contributed by atoms with E-state index in [1.165, 1.54) is 12.8 Å². The van der Waals surface area contributed by atoms with Crippen LogP contribution in [0, 0.1) is 5.92 Å². The highest BCUT2D eigenvalue weighted by Gasteiger charge is 2.24. The maximum absolute atomic E-state index is 11.9. The molecule has 0 atom stereocenters. The minimum atomic E-state index is -0.140. The van der Waals surface area contributed by atoms with Crippen LogP contribution >= 0.6 is 0 Å². The monoisotopic (exact) mass is 256 g/mol. The molecule has 1 aliphatic carbocycles. The number of imidazole rings is 1. The Hall–Kier alpha value is -2.37. The van der Waals surface area contributed by atoms with Crippen molar-refractivity contribution in [2.75, 3.05) is 0 Å². The summed E-state index contributed by atoms with van der Waals surface area (Å²) < 4.78 is 6.98. The summed E-state index contributed by atoms with van der Waals surface area (Å²) in [5.41, 5.74) is 1.63. The molecule has 1 fully saturated rings. The van der Waals surface area contributed by atoms with Crippen LogP contribution in [0.2, 0.25) is 0 Å². The van der Waals surface area contributed by atoms with Crippen molar-refractivity contribution in [1.29, 1.82) is 0 Å². The van der Waals surface area contributed by atoms with Crippen LogP contribution in [0.25, 0.3) is 22.7 Å². The Morgan fingerprint density at radius 1 is 1.47 bits per heavy atom. The van der Waals surface area contributed by atoms with Gasteiger partial charge in [-0.3, -0.25) is 9.55 Å². The summed E-state index contributed by atoms with van der Waals surface area (Å²) in [5, 5.41) is 0. The fourth-order valence-electron chi connectivity index (χ4n) is 2.19. The number of hydrogen-bond acceptors (Lipinski definition) is 4. The molecule has 19 heavy (non-hydrogen) atoms. The number of H-pyrrole nitrogens is 1. The largest absolute Gasteiger partial charge is 0.463 e. The first-order valence-corrected chi connectivity index (χ1v) is 6.31. The standard InChI is InChI=1S/C13H12N4O2/c18-13-16-11-12(17(13)7-8-3-4-8)15-9(6-14-11)10-2-1-5-19-10/h1-2,5-6,8H,3-4,7H2,(H,14,16,18). The molecular formula is C13H12N4O2. The Morgan fingerprint density at radius 2 is 2.37 bits per heavy atom. The van der Waals surface area contributed by atoms with E-state index >= 15 is 0 Å². The van der Waals surface area contributed by atoms with Crippen LogP contribution in [0.4, 0.5) is 0 Å². The minimum Gasteiger partial charge on any atom is -0.463 e. The topological polar surface area (TPSA) is 76.7 Å². The van der Waals surface area contributed by atoms with Crippen molar-refractivity contribution in [2.45, 2.75) is 19.4 Å². The molecule has 0 unspecified atom stereocenters. The lowest BCUT2D eigenvalue weighted by Gasteiger charge is -2.01. The van der Waals surface area contributed by atoms with Crippen molar-refractivity contribution in [1.82, 2.24) is 19.5 Å². The second-order valence-electron chi connectivity index (χ2n) is 4.89. The molecule has 0 saturated heterocycles. The van der Waals surface area contributed by atoms with Gasteiger partial charge in [0.1, 0.15) is 5.69 Å². The van der Waals surface area contributed by atoms with E-state index in [1.54, 1.807) is 23.1 Å². The molecule has 4 rings (SSSR count). The lowest BCUT2D eigenvalue weighted by atomic mass is 10.3. The van der Waals surface area contributed by atoms with Gasteiger partial charge >= 0.3 is 5.69 Å². The molecule has 0 aliphatic heterocycles. The SMILES string of the molecule is O=c1[nH]c2ncc(-c3ccco3)nc2n1CC1CC1. The zero-order valence-electron chi connectivity index (χ0n) is 10.2. The van der Waals surface area contributed by atoms with Gasteiger partial charge in [-0.25, -0.2) is 14.8 Å². The van der Waals surface area contributed by atoms with Crippen LogP contribution in [0.3, 0.4) is 0 Å². The van der Waals surface area contributed by atoms with Crippen LogP contribution in [0.15, 0.2) is 33.8 Å². The quantitative estimate of drug-likeness (QED) is 0.775. The first-order chi connectivity index (χ1) is 9.31. The molecule has 1 saturated carbocycles. The molecule has 6 heteroatoms. The fraction of sp³-hybridized carbons (Fsp3) is 0.308. The van der Waals surface area contributed by atoms with Gasteiger partial charge in [0.25, 0.3) is 0 Å². The van der Waals surface area contributed by atoms with E-state index in [0.29, 0.717) is 28.7 Å². The average Bonchev–Trinajstić information content (AvgIpc) is 2.96. The Balaban J connectivity index is 1.88. The molecule has 1 N–H and O–H groups in total. The second-order valence-corrected chi connectivity index (χ2v) is 4.89. The van der Waals surface area contributed by atoms with Gasteiger partial charge in [0.05, 0.1) is 12.5 Å². The Morgan fingerprint density at radius 3 is 3.11 bits per heavy atom. The van der Waals surface area contributed by atoms with Gasteiger partial charge in [0, 0.05) is 6.54 Å². The molecule has 0 radical (unpaired) electrons. The van der Waals surface area contributed by atoms with E-state index in [4.69, 9.17) is 4.42 Å². The molecule has 0 amide bonds. The van der Waals surface area contributed by atoms with Gasteiger partial charge in [-0.2, -0.15) is 0 Å². The smallest absolute Gasteiger partial charge is 0.328 e. The van der Waals surface area contributed by atoms with Gasteiger partial charge < -0.3 is 4.42 Å². The van der Waals surface area contributed by atoms with Gasteiger partial charge in [-0.05, 0) is 30.9 Å². The Bertz CT molecular complexity index is 781. The predicted octanol–water partition coefficient (Wildman–Crippen LogP) is 1.79. The molecule has 0 aromatic carbocycles.